The summed E-state index contributed by atoms with van der Waals surface area (Å²) in [6.45, 7) is -0.417. The van der Waals surface area contributed by atoms with Gasteiger partial charge in [-0.2, -0.15) is 0 Å². The minimum absolute atomic E-state index is 0.417. The Morgan fingerprint density at radius 3 is 2.62 bits per heavy atom. The van der Waals surface area contributed by atoms with Gasteiger partial charge in [-0.1, -0.05) is 6.07 Å². The predicted molar refractivity (Wildman–Crippen MR) is 56.0 cm³/mol. The number of rotatable bonds is 3. The maximum absolute atomic E-state index is 11.3. The molecule has 86 valence electrons. The van der Waals surface area contributed by atoms with Gasteiger partial charge in [-0.15, -0.1) is 11.3 Å². The van der Waals surface area contributed by atoms with Gasteiger partial charge in [0, 0.05) is 0 Å². The van der Waals surface area contributed by atoms with Crippen LogP contribution in [0.5, 0.6) is 0 Å². The second-order valence-electron chi connectivity index (χ2n) is 2.64. The second kappa shape index (κ2) is 5.71. The molecule has 8 heteroatoms. The monoisotopic (exact) mass is 243 g/mol. The first-order valence-electron chi connectivity index (χ1n) is 4.19. The Balaban J connectivity index is 2.27. The Bertz CT molecular complexity index is 390. The summed E-state index contributed by atoms with van der Waals surface area (Å²) in [5.74, 6) is -1.09. The number of carbonyl (C=O) groups excluding carboxylic acids is 2. The van der Waals surface area contributed by atoms with E-state index in [2.05, 4.69) is 10.9 Å². The zero-order chi connectivity index (χ0) is 12.0. The van der Waals surface area contributed by atoms with E-state index in [9.17, 15) is 14.4 Å². The van der Waals surface area contributed by atoms with E-state index in [1.165, 1.54) is 11.3 Å². The third kappa shape index (κ3) is 3.96. The number of amides is 3. The van der Waals surface area contributed by atoms with Crippen molar-refractivity contribution in [1.29, 1.82) is 0 Å². The van der Waals surface area contributed by atoms with Crippen LogP contribution in [0.25, 0.3) is 0 Å². The fraction of sp³-hybridized carbons (Fsp3) is 0.125. The minimum atomic E-state index is -1.31. The Labute approximate surface area is 94.4 Å². The number of nitrogens with one attached hydrogen (secondary N) is 3. The van der Waals surface area contributed by atoms with Crippen molar-refractivity contribution in [3.63, 3.8) is 0 Å². The average molecular weight is 243 g/mol. The smallest absolute Gasteiger partial charge is 0.405 e. The summed E-state index contributed by atoms with van der Waals surface area (Å²) in [7, 11) is 0. The van der Waals surface area contributed by atoms with Crippen LogP contribution < -0.4 is 16.2 Å². The standard InChI is InChI=1S/C8H9N3O4S/c12-6(4-9-8(14)15)10-11-7(13)5-2-1-3-16-5/h1-3,9H,4H2,(H,10,12)(H,11,13)(H,14,15). The molecule has 0 aliphatic rings. The van der Waals surface area contributed by atoms with Gasteiger partial charge in [0.2, 0.25) is 0 Å². The SMILES string of the molecule is O=C(O)NCC(=O)NNC(=O)c1cccs1. The van der Waals surface area contributed by atoms with Gasteiger partial charge in [-0.05, 0) is 11.4 Å². The molecule has 1 aromatic heterocycles. The van der Waals surface area contributed by atoms with E-state index in [0.29, 0.717) is 4.88 Å². The van der Waals surface area contributed by atoms with Gasteiger partial charge in [0.15, 0.2) is 0 Å². The van der Waals surface area contributed by atoms with Crippen LogP contribution in [0.1, 0.15) is 9.67 Å². The van der Waals surface area contributed by atoms with E-state index in [4.69, 9.17) is 5.11 Å². The van der Waals surface area contributed by atoms with E-state index in [0.717, 1.165) is 0 Å². The molecule has 0 saturated carbocycles. The van der Waals surface area contributed by atoms with Crippen LogP contribution in [0.15, 0.2) is 17.5 Å². The van der Waals surface area contributed by atoms with E-state index in [1.54, 1.807) is 17.5 Å². The van der Waals surface area contributed by atoms with Gasteiger partial charge in [-0.25, -0.2) is 4.79 Å². The summed E-state index contributed by atoms with van der Waals surface area (Å²) >= 11 is 1.23. The summed E-state index contributed by atoms with van der Waals surface area (Å²) in [5, 5.41) is 11.8. The highest BCUT2D eigenvalue weighted by molar-refractivity contribution is 7.12. The Hall–Kier alpha value is -2.09. The maximum atomic E-state index is 11.3. The lowest BCUT2D eigenvalue weighted by Crippen LogP contribution is -2.46. The molecule has 1 heterocycles. The minimum Gasteiger partial charge on any atom is -0.465 e. The second-order valence-corrected chi connectivity index (χ2v) is 3.59. The number of hydrogen-bond donors (Lipinski definition) is 4. The van der Waals surface area contributed by atoms with Crippen LogP contribution in [0.2, 0.25) is 0 Å². The highest BCUT2D eigenvalue weighted by Gasteiger charge is 2.08. The van der Waals surface area contributed by atoms with Crippen molar-refractivity contribution in [3.05, 3.63) is 22.4 Å². The summed E-state index contributed by atoms with van der Waals surface area (Å²) in [6, 6.07) is 3.30. The van der Waals surface area contributed by atoms with E-state index < -0.39 is 24.5 Å². The third-order valence-corrected chi connectivity index (χ3v) is 2.33. The molecule has 0 fully saturated rings. The van der Waals surface area contributed by atoms with Crippen LogP contribution in [0, 0.1) is 0 Å². The van der Waals surface area contributed by atoms with Crippen molar-refractivity contribution in [2.75, 3.05) is 6.54 Å². The van der Waals surface area contributed by atoms with Crippen LogP contribution in [-0.2, 0) is 4.79 Å². The van der Waals surface area contributed by atoms with Crippen molar-refractivity contribution in [1.82, 2.24) is 16.2 Å². The Morgan fingerprint density at radius 1 is 1.31 bits per heavy atom. The quantitative estimate of drug-likeness (QED) is 0.550. The van der Waals surface area contributed by atoms with Gasteiger partial charge in [0.25, 0.3) is 11.8 Å². The van der Waals surface area contributed by atoms with Crippen LogP contribution in [-0.4, -0.2) is 29.6 Å². The van der Waals surface area contributed by atoms with Crippen molar-refractivity contribution in [2.45, 2.75) is 0 Å². The number of carboxylic acid groups (broad SMARTS) is 1. The van der Waals surface area contributed by atoms with Crippen LogP contribution in [0.3, 0.4) is 0 Å². The molecule has 0 bridgehead atoms. The summed E-state index contributed by atoms with van der Waals surface area (Å²) in [6.07, 6.45) is -1.31. The lowest BCUT2D eigenvalue weighted by molar-refractivity contribution is -0.120. The lowest BCUT2D eigenvalue weighted by Gasteiger charge is -2.05. The number of hydrogen-bond acceptors (Lipinski definition) is 4. The third-order valence-electron chi connectivity index (χ3n) is 1.46. The fourth-order valence-corrected chi connectivity index (χ4v) is 1.41. The van der Waals surface area contributed by atoms with E-state index in [1.807, 2.05) is 5.32 Å². The number of hydrazine groups is 1. The maximum Gasteiger partial charge on any atom is 0.405 e. The highest BCUT2D eigenvalue weighted by Crippen LogP contribution is 2.06. The number of carbonyl (C=O) groups is 3. The molecule has 0 aliphatic carbocycles. The molecular weight excluding hydrogens is 234 g/mol. The summed E-state index contributed by atoms with van der Waals surface area (Å²) in [5.41, 5.74) is 4.22. The molecule has 1 rings (SSSR count). The molecule has 4 N–H and O–H groups in total. The molecule has 7 nitrogen and oxygen atoms in total. The Morgan fingerprint density at radius 2 is 2.06 bits per heavy atom. The van der Waals surface area contributed by atoms with Gasteiger partial charge >= 0.3 is 6.09 Å². The largest absolute Gasteiger partial charge is 0.465 e. The fourth-order valence-electron chi connectivity index (χ4n) is 0.796. The zero-order valence-electron chi connectivity index (χ0n) is 8.02. The van der Waals surface area contributed by atoms with Crippen molar-refractivity contribution >= 4 is 29.2 Å². The first kappa shape index (κ1) is 12.0. The lowest BCUT2D eigenvalue weighted by atomic mass is 10.4. The Kier molecular flexibility index (Phi) is 4.28. The molecular formula is C8H9N3O4S. The highest BCUT2D eigenvalue weighted by atomic mass is 32.1. The van der Waals surface area contributed by atoms with Gasteiger partial charge < -0.3 is 10.4 Å². The van der Waals surface area contributed by atoms with Crippen molar-refractivity contribution < 1.29 is 19.5 Å². The molecule has 0 aromatic carbocycles. The summed E-state index contributed by atoms with van der Waals surface area (Å²) in [4.78, 5) is 32.8. The van der Waals surface area contributed by atoms with Gasteiger partial charge in [0.05, 0.1) is 4.88 Å². The van der Waals surface area contributed by atoms with Crippen molar-refractivity contribution in [3.8, 4) is 0 Å². The molecule has 3 amide bonds. The van der Waals surface area contributed by atoms with E-state index >= 15 is 0 Å². The first-order chi connectivity index (χ1) is 7.59. The van der Waals surface area contributed by atoms with Crippen LogP contribution in [0.4, 0.5) is 4.79 Å². The van der Waals surface area contributed by atoms with Crippen LogP contribution >= 0.6 is 11.3 Å². The van der Waals surface area contributed by atoms with Gasteiger partial charge in [0.1, 0.15) is 6.54 Å². The predicted octanol–water partition coefficient (Wildman–Crippen LogP) is -0.223. The molecule has 16 heavy (non-hydrogen) atoms. The normalized spacial score (nSPS) is 9.25. The average Bonchev–Trinajstić information content (AvgIpc) is 2.76. The summed E-state index contributed by atoms with van der Waals surface area (Å²) < 4.78 is 0. The molecule has 0 atom stereocenters. The molecule has 0 aliphatic heterocycles. The molecule has 0 radical (unpaired) electrons. The van der Waals surface area contributed by atoms with Gasteiger partial charge in [-0.3, -0.25) is 20.4 Å². The first-order valence-corrected chi connectivity index (χ1v) is 5.07. The number of thiophene rings is 1. The molecule has 0 unspecified atom stereocenters. The van der Waals surface area contributed by atoms with Crippen molar-refractivity contribution in [2.24, 2.45) is 0 Å². The molecule has 1 aromatic rings. The van der Waals surface area contributed by atoms with E-state index in [-0.39, 0.29) is 0 Å². The molecule has 0 saturated heterocycles. The molecule has 0 spiro atoms. The topological polar surface area (TPSA) is 108 Å². The zero-order valence-corrected chi connectivity index (χ0v) is 8.84.